The molecule has 0 saturated heterocycles. The number of thioether (sulfide) groups is 1. The number of nitrogens with zero attached hydrogens (tertiary/aromatic N) is 1. The molecule has 3 atom stereocenters. The van der Waals surface area contributed by atoms with E-state index < -0.39 is 11.4 Å². The minimum Gasteiger partial charge on any atom is -0.508 e. The molecule has 5 nitrogen and oxygen atoms in total. The Balaban J connectivity index is 1.51. The van der Waals surface area contributed by atoms with Gasteiger partial charge in [-0.25, -0.2) is 4.39 Å². The molecule has 200 valence electrons. The summed E-state index contributed by atoms with van der Waals surface area (Å²) in [6.07, 6.45) is 2.60. The van der Waals surface area contributed by atoms with Crippen molar-refractivity contribution in [1.29, 1.82) is 0 Å². The fraction of sp³-hybridized carbons (Fsp3) is 0.219. The van der Waals surface area contributed by atoms with Gasteiger partial charge in [-0.05, 0) is 65.4 Å². The Kier molecular flexibility index (Phi) is 9.28. The summed E-state index contributed by atoms with van der Waals surface area (Å²) in [5.41, 5.74) is 4.60. The molecule has 0 aliphatic heterocycles. The van der Waals surface area contributed by atoms with E-state index in [0.29, 0.717) is 11.1 Å². The summed E-state index contributed by atoms with van der Waals surface area (Å²) in [4.78, 5) is 29.5. The summed E-state index contributed by atoms with van der Waals surface area (Å²) in [5.74, 6) is -0.174. The lowest BCUT2D eigenvalue weighted by molar-refractivity contribution is -0.118. The van der Waals surface area contributed by atoms with Crippen molar-refractivity contribution in [3.8, 4) is 16.9 Å². The Bertz CT molecular complexity index is 1420. The molecule has 2 N–H and O–H groups in total. The topological polar surface area (TPSA) is 87.5 Å². The van der Waals surface area contributed by atoms with Crippen LogP contribution in [0.3, 0.4) is 0 Å². The third kappa shape index (κ3) is 7.40. The lowest BCUT2D eigenvalue weighted by Gasteiger charge is -2.24. The van der Waals surface area contributed by atoms with Gasteiger partial charge in [0.2, 0.25) is 0 Å². The number of rotatable bonds is 11. The van der Waals surface area contributed by atoms with Crippen LogP contribution in [0.25, 0.3) is 11.1 Å². The number of aliphatic hydroxyl groups excluding tert-OH is 1. The van der Waals surface area contributed by atoms with Gasteiger partial charge < -0.3 is 10.2 Å². The number of carbonyl (C=O) groups excluding carboxylic acids is 2. The number of aromatic hydroxyl groups is 1. The number of ketones is 2. The number of pyridine rings is 1. The van der Waals surface area contributed by atoms with Gasteiger partial charge in [-0.3, -0.25) is 14.6 Å². The fourth-order valence-corrected chi connectivity index (χ4v) is 5.65. The van der Waals surface area contributed by atoms with E-state index in [0.717, 1.165) is 22.3 Å². The smallest absolute Gasteiger partial charge is 0.161 e. The second kappa shape index (κ2) is 12.8. The maximum Gasteiger partial charge on any atom is 0.161 e. The molecule has 0 aliphatic carbocycles. The Morgan fingerprint density at radius 1 is 0.897 bits per heavy atom. The van der Waals surface area contributed by atoms with Crippen LogP contribution < -0.4 is 0 Å². The van der Waals surface area contributed by atoms with Crippen molar-refractivity contribution in [3.63, 3.8) is 0 Å². The minimum atomic E-state index is -0.850. The Labute approximate surface area is 231 Å². The molecule has 0 unspecified atom stereocenters. The number of hydrogen-bond acceptors (Lipinski definition) is 6. The van der Waals surface area contributed by atoms with Crippen LogP contribution >= 0.6 is 11.8 Å². The molecule has 1 aromatic heterocycles. The van der Waals surface area contributed by atoms with Gasteiger partial charge in [0.25, 0.3) is 0 Å². The van der Waals surface area contributed by atoms with Gasteiger partial charge in [0.1, 0.15) is 11.6 Å². The van der Waals surface area contributed by atoms with Crippen molar-refractivity contribution in [1.82, 2.24) is 4.98 Å². The normalized spacial score (nSPS) is 13.4. The van der Waals surface area contributed by atoms with Crippen molar-refractivity contribution < 1.29 is 24.2 Å². The fourth-order valence-electron chi connectivity index (χ4n) is 4.35. The quantitative estimate of drug-likeness (QED) is 0.209. The standard InChI is InChI=1S/C32H30FNO4S/c1-20(23-9-13-29(36)14-10-23)32(39-19-31(38)25-7-11-28(33)12-8-25)30(37)15-22-3-5-24(6-4-22)27-16-26(21(2)35)17-34-18-27/h3-14,16-18,20,31-32,36,38H,15,19H2,1-2H3/t20-,31+,32-/m1/s1. The van der Waals surface area contributed by atoms with Crippen LogP contribution in [0.4, 0.5) is 4.39 Å². The van der Waals surface area contributed by atoms with E-state index in [1.165, 1.54) is 30.8 Å². The molecule has 4 aromatic rings. The zero-order chi connectivity index (χ0) is 27.9. The first-order valence-electron chi connectivity index (χ1n) is 12.6. The van der Waals surface area contributed by atoms with Crippen LogP contribution in [0.2, 0.25) is 0 Å². The zero-order valence-electron chi connectivity index (χ0n) is 21.8. The number of phenols is 1. The lowest BCUT2D eigenvalue weighted by Crippen LogP contribution is -2.26. The number of benzene rings is 3. The highest BCUT2D eigenvalue weighted by Gasteiger charge is 2.28. The van der Waals surface area contributed by atoms with Gasteiger partial charge in [0.05, 0.1) is 11.4 Å². The molecule has 39 heavy (non-hydrogen) atoms. The maximum atomic E-state index is 13.6. The predicted octanol–water partition coefficient (Wildman–Crippen LogP) is 6.55. The zero-order valence-corrected chi connectivity index (χ0v) is 22.6. The number of aliphatic hydroxyl groups is 1. The summed E-state index contributed by atoms with van der Waals surface area (Å²) in [6.45, 7) is 3.46. The average molecular weight is 544 g/mol. The van der Waals surface area contributed by atoms with Gasteiger partial charge in [-0.15, -0.1) is 11.8 Å². The maximum absolute atomic E-state index is 13.6. The Hall–Kier alpha value is -3.81. The molecule has 7 heteroatoms. The summed E-state index contributed by atoms with van der Waals surface area (Å²) in [7, 11) is 0. The molecular weight excluding hydrogens is 513 g/mol. The van der Waals surface area contributed by atoms with Crippen molar-refractivity contribution in [2.24, 2.45) is 0 Å². The lowest BCUT2D eigenvalue weighted by atomic mass is 9.92. The van der Waals surface area contributed by atoms with Crippen molar-refractivity contribution in [3.05, 3.63) is 119 Å². The number of aromatic nitrogens is 1. The summed E-state index contributed by atoms with van der Waals surface area (Å²) in [5, 5.41) is 19.9. The second-order valence-electron chi connectivity index (χ2n) is 9.56. The van der Waals surface area contributed by atoms with Crippen LogP contribution in [0.5, 0.6) is 5.75 Å². The molecule has 0 amide bonds. The molecule has 4 rings (SSSR count). The minimum absolute atomic E-state index is 0.0138. The molecule has 0 bridgehead atoms. The molecule has 0 aliphatic rings. The molecule has 0 radical (unpaired) electrons. The molecular formula is C32H30FNO4S. The number of hydrogen-bond donors (Lipinski definition) is 2. The van der Waals surface area contributed by atoms with E-state index in [1.54, 1.807) is 54.9 Å². The Morgan fingerprint density at radius 3 is 2.18 bits per heavy atom. The van der Waals surface area contributed by atoms with Crippen LogP contribution in [0, 0.1) is 5.82 Å². The summed E-state index contributed by atoms with van der Waals surface area (Å²) in [6, 6.07) is 21.9. The SMILES string of the molecule is CC(=O)c1cncc(-c2ccc(CC(=O)[C@H](SC[C@H](O)c3ccc(F)cc3)[C@H](C)c3ccc(O)cc3)cc2)c1. The van der Waals surface area contributed by atoms with Gasteiger partial charge in [-0.2, -0.15) is 0 Å². The first-order chi connectivity index (χ1) is 18.7. The van der Waals surface area contributed by atoms with Crippen molar-refractivity contribution >= 4 is 23.3 Å². The first-order valence-corrected chi connectivity index (χ1v) is 13.7. The number of halogens is 1. The highest BCUT2D eigenvalue weighted by Crippen LogP contribution is 2.33. The highest BCUT2D eigenvalue weighted by atomic mass is 32.2. The van der Waals surface area contributed by atoms with E-state index in [1.807, 2.05) is 31.2 Å². The Morgan fingerprint density at radius 2 is 1.54 bits per heavy atom. The summed E-state index contributed by atoms with van der Waals surface area (Å²) < 4.78 is 13.3. The molecule has 0 spiro atoms. The predicted molar refractivity (Wildman–Crippen MR) is 153 cm³/mol. The first kappa shape index (κ1) is 28.2. The molecule has 3 aromatic carbocycles. The largest absolute Gasteiger partial charge is 0.508 e. The monoisotopic (exact) mass is 543 g/mol. The molecule has 0 fully saturated rings. The average Bonchev–Trinajstić information content (AvgIpc) is 2.94. The van der Waals surface area contributed by atoms with Crippen LogP contribution in [-0.2, 0) is 11.2 Å². The van der Waals surface area contributed by atoms with Crippen LogP contribution in [0.1, 0.15) is 52.9 Å². The summed E-state index contributed by atoms with van der Waals surface area (Å²) >= 11 is 1.37. The van der Waals surface area contributed by atoms with E-state index in [2.05, 4.69) is 4.98 Å². The highest BCUT2D eigenvalue weighted by molar-refractivity contribution is 8.00. The van der Waals surface area contributed by atoms with Gasteiger partial charge >= 0.3 is 0 Å². The number of carbonyl (C=O) groups is 2. The van der Waals surface area contributed by atoms with E-state index in [4.69, 9.17) is 0 Å². The van der Waals surface area contributed by atoms with Gasteiger partial charge in [-0.1, -0.05) is 55.5 Å². The van der Waals surface area contributed by atoms with E-state index in [-0.39, 0.29) is 41.2 Å². The second-order valence-corrected chi connectivity index (χ2v) is 10.7. The van der Waals surface area contributed by atoms with E-state index in [9.17, 15) is 24.2 Å². The van der Waals surface area contributed by atoms with Crippen LogP contribution in [0.15, 0.2) is 91.3 Å². The van der Waals surface area contributed by atoms with Gasteiger partial charge in [0, 0.05) is 35.7 Å². The number of phenolic OH excluding ortho intramolecular Hbond substituents is 1. The third-order valence-corrected chi connectivity index (χ3v) is 8.23. The molecule has 0 saturated carbocycles. The van der Waals surface area contributed by atoms with E-state index >= 15 is 0 Å². The third-order valence-electron chi connectivity index (χ3n) is 6.69. The van der Waals surface area contributed by atoms with Gasteiger partial charge in [0.15, 0.2) is 11.6 Å². The van der Waals surface area contributed by atoms with Crippen molar-refractivity contribution in [2.45, 2.75) is 37.5 Å². The van der Waals surface area contributed by atoms with Crippen molar-refractivity contribution in [2.75, 3.05) is 5.75 Å². The number of Topliss-reactive ketones (excluding diaryl/α,β-unsaturated/α-hetero) is 2. The molecule has 1 heterocycles. The van der Waals surface area contributed by atoms with Crippen LogP contribution in [-0.4, -0.2) is 37.8 Å².